The molecule has 3 fully saturated rings. The Morgan fingerprint density at radius 2 is 1.27 bits per heavy atom. The second kappa shape index (κ2) is 22.0. The summed E-state index contributed by atoms with van der Waals surface area (Å²) in [5.74, 6) is -1.49. The van der Waals surface area contributed by atoms with Crippen molar-refractivity contribution in [1.29, 1.82) is 0 Å². The molecule has 6 rings (SSSR count). The summed E-state index contributed by atoms with van der Waals surface area (Å²) in [6.07, 6.45) is -7.71. The highest BCUT2D eigenvalue weighted by Crippen LogP contribution is 2.47. The number of hydrogen-bond donors (Lipinski definition) is 1. The zero-order valence-electron chi connectivity index (χ0n) is 35.6. The van der Waals surface area contributed by atoms with E-state index in [1.807, 2.05) is 69.9 Å². The molecule has 328 valence electrons. The summed E-state index contributed by atoms with van der Waals surface area (Å²) in [5.41, 5.74) is 1.81. The first-order valence-corrected chi connectivity index (χ1v) is 24.4. The zero-order valence-corrected chi connectivity index (χ0v) is 37.7. The fourth-order valence-corrected chi connectivity index (χ4v) is 8.83. The predicted octanol–water partition coefficient (Wildman–Crippen LogP) is 8.02. The molecule has 0 radical (unpaired) electrons. The van der Waals surface area contributed by atoms with E-state index in [0.29, 0.717) is 24.3 Å². The van der Waals surface area contributed by atoms with Crippen LogP contribution in [0.5, 0.6) is 0 Å². The lowest BCUT2D eigenvalue weighted by Gasteiger charge is -2.48. The summed E-state index contributed by atoms with van der Waals surface area (Å²) in [7, 11) is 1.64. The molecule has 0 amide bonds. The molecule has 0 bridgehead atoms. The largest absolute Gasteiger partial charge is 0.459 e. The molecule has 1 N–H and O–H groups in total. The normalized spacial score (nSPS) is 34.1. The van der Waals surface area contributed by atoms with Crippen molar-refractivity contribution in [3.05, 3.63) is 108 Å². The van der Waals surface area contributed by atoms with Crippen LogP contribution < -0.4 is 0 Å². The van der Waals surface area contributed by atoms with Crippen LogP contribution in [0.25, 0.3) is 0 Å². The fourth-order valence-electron chi connectivity index (χ4n) is 7.97. The van der Waals surface area contributed by atoms with Gasteiger partial charge in [-0.25, -0.2) is 9.59 Å². The van der Waals surface area contributed by atoms with Crippen molar-refractivity contribution in [2.24, 2.45) is 29.6 Å². The second-order valence-corrected chi connectivity index (χ2v) is 19.9. The maximum absolute atomic E-state index is 13.6. The summed E-state index contributed by atoms with van der Waals surface area (Å²) in [5, 5.41) is 12.2. The Balaban J connectivity index is 1.24. The van der Waals surface area contributed by atoms with Crippen LogP contribution in [0.2, 0.25) is 0 Å². The van der Waals surface area contributed by atoms with Gasteiger partial charge in [0.15, 0.2) is 18.7 Å². The Morgan fingerprint density at radius 1 is 0.700 bits per heavy atom. The number of hydrogen-bond acceptors (Lipinski definition) is 12. The van der Waals surface area contributed by atoms with Gasteiger partial charge in [0.25, 0.3) is 0 Å². The van der Waals surface area contributed by atoms with Crippen molar-refractivity contribution in [3.8, 4) is 0 Å². The maximum Gasteiger partial charge on any atom is 0.338 e. The van der Waals surface area contributed by atoms with Crippen LogP contribution in [0.4, 0.5) is 0 Å². The van der Waals surface area contributed by atoms with E-state index in [1.54, 1.807) is 48.5 Å². The van der Waals surface area contributed by atoms with Gasteiger partial charge in [-0.3, -0.25) is 0 Å². The number of carbonyl (C=O) groups is 2. The lowest BCUT2D eigenvalue weighted by atomic mass is 9.79. The Hall–Kier alpha value is -2.86. The Bertz CT molecular complexity index is 1770. The molecule has 60 heavy (non-hydrogen) atoms. The molecule has 3 aliphatic heterocycles. The molecule has 3 aliphatic rings. The van der Waals surface area contributed by atoms with E-state index >= 15 is 0 Å². The molecule has 3 saturated heterocycles. The average molecular weight is 869 g/mol. The zero-order chi connectivity index (χ0) is 42.9. The third-order valence-corrected chi connectivity index (χ3v) is 13.2. The van der Waals surface area contributed by atoms with E-state index < -0.39 is 81.2 Å². The van der Waals surface area contributed by atoms with Gasteiger partial charge in [0.1, 0.15) is 24.9 Å². The van der Waals surface area contributed by atoms with Gasteiger partial charge < -0.3 is 47.5 Å². The van der Waals surface area contributed by atoms with Crippen molar-refractivity contribution in [1.82, 2.24) is 0 Å². The van der Waals surface area contributed by atoms with Crippen LogP contribution in [0, 0.1) is 29.6 Å². The minimum Gasteiger partial charge on any atom is -0.459 e. The van der Waals surface area contributed by atoms with Gasteiger partial charge in [-0.2, -0.15) is 0 Å². The van der Waals surface area contributed by atoms with Crippen LogP contribution >= 0.6 is 16.8 Å². The molecule has 0 aliphatic carbocycles. The molecule has 17 atom stereocenters. The van der Waals surface area contributed by atoms with Gasteiger partial charge >= 0.3 is 11.9 Å². The highest BCUT2D eigenvalue weighted by atomic mass is 32.0. The number of carbonyl (C=O) groups excluding carboxylic acids is 2. The van der Waals surface area contributed by atoms with Gasteiger partial charge in [0.05, 0.1) is 42.7 Å². The van der Waals surface area contributed by atoms with Gasteiger partial charge in [-0.05, 0) is 54.2 Å². The number of aliphatic hydroxyl groups is 1. The number of benzene rings is 3. The molecule has 14 heteroatoms. The van der Waals surface area contributed by atoms with Crippen molar-refractivity contribution >= 4 is 28.7 Å². The molecule has 3 aromatic carbocycles. The second-order valence-electron chi connectivity index (χ2n) is 16.4. The molecule has 0 saturated carbocycles. The third kappa shape index (κ3) is 11.6. The van der Waals surface area contributed by atoms with Gasteiger partial charge in [0, 0.05) is 19.7 Å². The monoisotopic (exact) mass is 868 g/mol. The first-order valence-electron chi connectivity index (χ1n) is 21.1. The Morgan fingerprint density at radius 3 is 1.88 bits per heavy atom. The van der Waals surface area contributed by atoms with Crippen molar-refractivity contribution in [2.45, 2.75) is 116 Å². The molecule has 7 unspecified atom stereocenters. The van der Waals surface area contributed by atoms with E-state index in [4.69, 9.17) is 42.4 Å². The van der Waals surface area contributed by atoms with Gasteiger partial charge in [-0.15, -0.1) is 0 Å². The molecular formula is C46H62O12P2. The fraction of sp³-hybridized carbons (Fsp3) is 0.565. The number of rotatable bonds is 17. The predicted molar refractivity (Wildman–Crippen MR) is 230 cm³/mol. The standard InChI is InChI=1S/C46H62O12P2/c1-8-27(2)38-40(41(46(55-38)58-60(7)59)54-43(49)34-22-16-11-17-23-34)57-45-31(6)37(47)39(36(53-45)26-51-42(48)33-20-14-10-15-21-33)56-44-30(5)28(3)29(4)35(52-44)25-50-24-32-18-12-9-13-19-32/h9-23,27-31,35-41,44-47H,8,24-26,59H2,1-7H3/t27-,28+,29-,30?,31?,35?,36?,37-,38+,39+,40?,41+,44-,45-,46+,60?/m1/s1. The Labute approximate surface area is 358 Å². The molecule has 0 aromatic heterocycles. The summed E-state index contributed by atoms with van der Waals surface area (Å²) in [4.78, 5) is 26.8. The van der Waals surface area contributed by atoms with E-state index in [0.717, 1.165) is 12.0 Å². The van der Waals surface area contributed by atoms with E-state index in [-0.39, 0.29) is 36.4 Å². The quantitative estimate of drug-likeness (QED) is 0.104. The first-order chi connectivity index (χ1) is 28.9. The van der Waals surface area contributed by atoms with Crippen LogP contribution in [-0.2, 0) is 49.0 Å². The summed E-state index contributed by atoms with van der Waals surface area (Å²) >= 11 is 0. The maximum atomic E-state index is 13.6. The first kappa shape index (κ1) is 46.6. The summed E-state index contributed by atoms with van der Waals surface area (Å²) in [6.45, 7) is 14.8. The van der Waals surface area contributed by atoms with E-state index in [1.165, 1.54) is 0 Å². The van der Waals surface area contributed by atoms with Crippen LogP contribution in [0.3, 0.4) is 0 Å². The van der Waals surface area contributed by atoms with E-state index in [9.17, 15) is 14.7 Å². The summed E-state index contributed by atoms with van der Waals surface area (Å²) in [6, 6.07) is 27.4. The van der Waals surface area contributed by atoms with Gasteiger partial charge in [-0.1, -0.05) is 124 Å². The van der Waals surface area contributed by atoms with Crippen molar-refractivity contribution in [2.75, 3.05) is 19.9 Å². The number of ether oxygens (including phenoxy) is 8. The minimum atomic E-state index is -1.15. The average Bonchev–Trinajstić information content (AvgIpc) is 3.58. The highest BCUT2D eigenvalue weighted by molar-refractivity contribution is 8.10. The molecule has 3 aromatic rings. The van der Waals surface area contributed by atoms with E-state index in [2.05, 4.69) is 29.7 Å². The lowest BCUT2D eigenvalue weighted by molar-refractivity contribution is -0.345. The lowest BCUT2D eigenvalue weighted by Crippen LogP contribution is -2.60. The molecular weight excluding hydrogens is 806 g/mol. The van der Waals surface area contributed by atoms with Crippen LogP contribution in [0.1, 0.15) is 74.2 Å². The van der Waals surface area contributed by atoms with Crippen LogP contribution in [0.15, 0.2) is 91.0 Å². The SMILES string of the molecule is CC[C@@H](C)[C@@H]1O[C@@H](OP(C)P)[C@@H](OC(=O)c2ccccc2)C1O[C@H]1OC(COC(=O)c2ccccc2)[C@H](O[C@H]2OC(COCc3ccccc3)[C@H](C)[C@H](C)C2C)[C@H](O)C1C. The van der Waals surface area contributed by atoms with Crippen LogP contribution in [-0.4, -0.2) is 98.5 Å². The number of aliphatic hydroxyl groups excluding tert-OH is 1. The Kier molecular flexibility index (Phi) is 17.1. The minimum absolute atomic E-state index is 0.0319. The number of esters is 2. The third-order valence-electron chi connectivity index (χ3n) is 12.3. The van der Waals surface area contributed by atoms with Crippen molar-refractivity contribution < 1.29 is 57.1 Å². The summed E-state index contributed by atoms with van der Waals surface area (Å²) < 4.78 is 57.8. The van der Waals surface area contributed by atoms with Gasteiger partial charge in [0.2, 0.25) is 6.29 Å². The molecule has 0 spiro atoms. The molecule has 3 heterocycles. The molecule has 12 nitrogen and oxygen atoms in total. The van der Waals surface area contributed by atoms with Crippen molar-refractivity contribution in [3.63, 3.8) is 0 Å². The smallest absolute Gasteiger partial charge is 0.338 e. The highest BCUT2D eigenvalue weighted by Gasteiger charge is 2.55. The topological polar surface area (TPSA) is 137 Å².